The number of allylic oxidation sites excluding steroid dienone is 4. The Bertz CT molecular complexity index is 2010. The molecule has 0 aliphatic carbocycles. The molecule has 8 bridgehead atoms. The van der Waals surface area contributed by atoms with Crippen LogP contribution in [0.1, 0.15) is 86.0 Å². The smallest absolute Gasteiger partial charge is 0.303 e. The van der Waals surface area contributed by atoms with Crippen LogP contribution in [0.15, 0.2) is 44.1 Å². The number of aromatic amines is 2. The van der Waals surface area contributed by atoms with Gasteiger partial charge in [-0.2, -0.15) is 0 Å². The molecule has 1 atom stereocenters. The van der Waals surface area contributed by atoms with E-state index in [1.165, 1.54) is 0 Å². The quantitative estimate of drug-likeness (QED) is 0.198. The molecular formula is C36H40N4O8. The van der Waals surface area contributed by atoms with Gasteiger partial charge in [0.1, 0.15) is 0 Å². The second-order valence-electron chi connectivity index (χ2n) is 12.6. The third-order valence-electron chi connectivity index (χ3n) is 9.52. The fourth-order valence-electron chi connectivity index (χ4n) is 6.78. The maximum absolute atomic E-state index is 11.6. The van der Waals surface area contributed by atoms with Crippen LogP contribution >= 0.6 is 0 Å². The summed E-state index contributed by atoms with van der Waals surface area (Å²) >= 11 is 0. The van der Waals surface area contributed by atoms with Crippen molar-refractivity contribution in [2.24, 2.45) is 9.98 Å². The van der Waals surface area contributed by atoms with Gasteiger partial charge in [-0.3, -0.25) is 24.2 Å². The molecule has 48 heavy (non-hydrogen) atoms. The second kappa shape index (κ2) is 13.8. The van der Waals surface area contributed by atoms with Gasteiger partial charge in [-0.25, -0.2) is 4.99 Å². The number of carboxylic acid groups (broad SMARTS) is 4. The van der Waals surface area contributed by atoms with Crippen LogP contribution < -0.4 is 10.7 Å². The van der Waals surface area contributed by atoms with Gasteiger partial charge in [0.15, 0.2) is 0 Å². The predicted molar refractivity (Wildman–Crippen MR) is 180 cm³/mol. The number of aromatic nitrogens is 2. The van der Waals surface area contributed by atoms with E-state index in [0.29, 0.717) is 35.3 Å². The van der Waals surface area contributed by atoms with Crippen molar-refractivity contribution in [2.45, 2.75) is 91.5 Å². The molecule has 0 radical (unpaired) electrons. The molecule has 0 saturated carbocycles. The highest BCUT2D eigenvalue weighted by atomic mass is 16.4. The molecule has 0 aromatic carbocycles. The Hall–Kier alpha value is -5.26. The van der Waals surface area contributed by atoms with Crippen molar-refractivity contribution in [2.75, 3.05) is 0 Å². The van der Waals surface area contributed by atoms with Gasteiger partial charge in [0.25, 0.3) is 0 Å². The Balaban J connectivity index is 1.79. The van der Waals surface area contributed by atoms with E-state index < -0.39 is 23.9 Å². The minimum Gasteiger partial charge on any atom is -0.481 e. The molecule has 12 nitrogen and oxygen atoms in total. The summed E-state index contributed by atoms with van der Waals surface area (Å²) in [7, 11) is 0. The van der Waals surface area contributed by atoms with Gasteiger partial charge >= 0.3 is 23.9 Å². The molecule has 6 N–H and O–H groups in total. The summed E-state index contributed by atoms with van der Waals surface area (Å²) in [5.41, 5.74) is 10.2. The first-order chi connectivity index (χ1) is 22.7. The minimum absolute atomic E-state index is 0.0506. The fourth-order valence-corrected chi connectivity index (χ4v) is 6.78. The largest absolute Gasteiger partial charge is 0.481 e. The fraction of sp³-hybridized carbons (Fsp3) is 0.389. The molecule has 0 spiro atoms. The van der Waals surface area contributed by atoms with Crippen LogP contribution in [0.3, 0.4) is 0 Å². The van der Waals surface area contributed by atoms with Gasteiger partial charge < -0.3 is 30.4 Å². The molecule has 2 aromatic heterocycles. The number of aliphatic imine (C=N–C) groups is 2. The molecule has 252 valence electrons. The lowest BCUT2D eigenvalue weighted by atomic mass is 9.94. The van der Waals surface area contributed by atoms with E-state index >= 15 is 0 Å². The van der Waals surface area contributed by atoms with Crippen LogP contribution in [0.4, 0.5) is 0 Å². The van der Waals surface area contributed by atoms with Crippen molar-refractivity contribution in [3.8, 4) is 0 Å². The Morgan fingerprint density at radius 2 is 1.27 bits per heavy atom. The molecular weight excluding hydrogens is 616 g/mol. The molecule has 5 rings (SSSR count). The third-order valence-corrected chi connectivity index (χ3v) is 9.52. The van der Waals surface area contributed by atoms with Gasteiger partial charge in [0.05, 0.1) is 23.2 Å². The number of carboxylic acids is 4. The van der Waals surface area contributed by atoms with Gasteiger partial charge in [0.2, 0.25) is 0 Å². The number of nitrogens with one attached hydrogen (secondary N) is 2. The number of H-pyrrole nitrogens is 2. The van der Waals surface area contributed by atoms with Crippen LogP contribution in [0.2, 0.25) is 0 Å². The summed E-state index contributed by atoms with van der Waals surface area (Å²) in [6.07, 6.45) is 6.81. The van der Waals surface area contributed by atoms with Crippen molar-refractivity contribution < 1.29 is 39.6 Å². The summed E-state index contributed by atoms with van der Waals surface area (Å²) in [6, 6.07) is -0.323. The highest BCUT2D eigenvalue weighted by Gasteiger charge is 2.29. The zero-order valence-corrected chi connectivity index (χ0v) is 27.5. The number of hydrogen-bond donors (Lipinski definition) is 6. The average molecular weight is 657 g/mol. The highest BCUT2D eigenvalue weighted by molar-refractivity contribution is 6.24. The van der Waals surface area contributed by atoms with E-state index in [2.05, 4.69) is 9.97 Å². The van der Waals surface area contributed by atoms with Gasteiger partial charge in [-0.05, 0) is 116 Å². The molecule has 5 heterocycles. The van der Waals surface area contributed by atoms with E-state index in [0.717, 1.165) is 61.3 Å². The molecule has 1 unspecified atom stereocenters. The lowest BCUT2D eigenvalue weighted by Crippen LogP contribution is -2.16. The standard InChI is InChI=1S/C36H40N4O8/c1-17-21(5-9-33(41)42)29-14-27-19(3)22(6-10-34(43)44)30(39-27)15-28-20(4)24(8-12-36(47)48)32(40-28)16-31-23(7-11-35(45)46)18(2)26(38-31)13-25(17)37-29/h13,15-16,27,37-38H,5-12,14H2,1-4H3,(H,41,42)(H,43,44)(H,45,46)(H,47,48)/b26-13-,28-15-,31-16?. The molecule has 12 heteroatoms. The van der Waals surface area contributed by atoms with Crippen molar-refractivity contribution in [1.29, 1.82) is 0 Å². The number of hydrogen-bond acceptors (Lipinski definition) is 6. The molecule has 0 saturated heterocycles. The molecule has 3 aliphatic rings. The number of carbonyl (C=O) groups is 4. The van der Waals surface area contributed by atoms with E-state index in [-0.39, 0.29) is 51.0 Å². The maximum atomic E-state index is 11.6. The third kappa shape index (κ3) is 7.17. The van der Waals surface area contributed by atoms with Crippen molar-refractivity contribution in [3.63, 3.8) is 0 Å². The highest BCUT2D eigenvalue weighted by Crippen LogP contribution is 2.34. The summed E-state index contributed by atoms with van der Waals surface area (Å²) in [5.74, 6) is -3.71. The summed E-state index contributed by atoms with van der Waals surface area (Å²) in [6.45, 7) is 7.69. The van der Waals surface area contributed by atoms with Crippen LogP contribution in [0.25, 0.3) is 12.2 Å². The Kier molecular flexibility index (Phi) is 9.83. The van der Waals surface area contributed by atoms with Gasteiger partial charge in [-0.15, -0.1) is 0 Å². The molecule has 3 aliphatic heterocycles. The van der Waals surface area contributed by atoms with Crippen LogP contribution in [0, 0.1) is 13.8 Å². The SMILES string of the molecule is CC1=C(CCC(=O)O)C2=N/C1=C\C1=NC(Cc3[nH]c(c(C)c3CCC(=O)O)/C=c3\[nH]c(c(CCC(=O)O)c3C)=C2)C(C)=C1CCC(=O)O. The molecule has 0 amide bonds. The first kappa shape index (κ1) is 34.1. The van der Waals surface area contributed by atoms with Gasteiger partial charge in [0, 0.05) is 54.2 Å². The van der Waals surface area contributed by atoms with Crippen molar-refractivity contribution >= 4 is 47.5 Å². The maximum Gasteiger partial charge on any atom is 0.303 e. The van der Waals surface area contributed by atoms with Crippen LogP contribution in [-0.4, -0.2) is 71.7 Å². The monoisotopic (exact) mass is 656 g/mol. The number of aliphatic carboxylic acids is 4. The Labute approximate surface area is 276 Å². The minimum atomic E-state index is -0.944. The number of rotatable bonds is 12. The van der Waals surface area contributed by atoms with Gasteiger partial charge in [-0.1, -0.05) is 0 Å². The van der Waals surface area contributed by atoms with E-state index in [1.807, 2.05) is 45.9 Å². The normalized spacial score (nSPS) is 18.9. The number of nitrogens with zero attached hydrogens (tertiary/aromatic N) is 2. The summed E-state index contributed by atoms with van der Waals surface area (Å²) in [4.78, 5) is 63.4. The molecule has 2 aromatic rings. The molecule has 0 fully saturated rings. The second-order valence-corrected chi connectivity index (χ2v) is 12.6. The van der Waals surface area contributed by atoms with Crippen molar-refractivity contribution in [1.82, 2.24) is 9.97 Å². The van der Waals surface area contributed by atoms with E-state index in [9.17, 15) is 39.6 Å². The summed E-state index contributed by atoms with van der Waals surface area (Å²) < 4.78 is 0. The lowest BCUT2D eigenvalue weighted by molar-refractivity contribution is -0.138. The Morgan fingerprint density at radius 1 is 0.688 bits per heavy atom. The first-order valence-corrected chi connectivity index (χ1v) is 16.0. The topological polar surface area (TPSA) is 205 Å². The average Bonchev–Trinajstić information content (AvgIpc) is 3.66. The van der Waals surface area contributed by atoms with E-state index in [4.69, 9.17) is 9.98 Å². The lowest BCUT2D eigenvalue weighted by Gasteiger charge is -2.11. The number of fused-ring (bicyclic) bond motifs is 6. The van der Waals surface area contributed by atoms with Crippen LogP contribution in [0.5, 0.6) is 0 Å². The van der Waals surface area contributed by atoms with Crippen molar-refractivity contribution in [3.05, 3.63) is 78.4 Å². The zero-order valence-electron chi connectivity index (χ0n) is 27.5. The zero-order chi connectivity index (χ0) is 34.9. The Morgan fingerprint density at radius 3 is 1.90 bits per heavy atom. The predicted octanol–water partition coefficient (Wildman–Crippen LogP) is 3.68. The first-order valence-electron chi connectivity index (χ1n) is 16.0. The van der Waals surface area contributed by atoms with Crippen LogP contribution in [-0.2, 0) is 38.4 Å². The summed E-state index contributed by atoms with van der Waals surface area (Å²) in [5, 5.41) is 39.5. The van der Waals surface area contributed by atoms with E-state index in [1.54, 1.807) is 0 Å².